The van der Waals surface area contributed by atoms with Gasteiger partial charge in [0.2, 0.25) is 0 Å². The summed E-state index contributed by atoms with van der Waals surface area (Å²) in [4.78, 5) is 27.4. The minimum atomic E-state index is -0.455. The van der Waals surface area contributed by atoms with Crippen LogP contribution in [-0.4, -0.2) is 29.9 Å². The van der Waals surface area contributed by atoms with Gasteiger partial charge in [0.05, 0.1) is 23.9 Å². The topological polar surface area (TPSA) is 70.7 Å². The van der Waals surface area contributed by atoms with E-state index in [1.807, 2.05) is 59.5 Å². The number of allylic oxidation sites excluding steroid dienone is 1. The molecule has 33 heavy (non-hydrogen) atoms. The lowest BCUT2D eigenvalue weighted by atomic mass is 9.96. The molecule has 0 saturated heterocycles. The van der Waals surface area contributed by atoms with Gasteiger partial charge in [0.25, 0.3) is 5.91 Å². The summed E-state index contributed by atoms with van der Waals surface area (Å²) in [5.41, 5.74) is 4.78. The summed E-state index contributed by atoms with van der Waals surface area (Å²) in [5.74, 6) is 0.750. The monoisotopic (exact) mass is 443 g/mol. The lowest BCUT2D eigenvalue weighted by Gasteiger charge is -2.25. The van der Waals surface area contributed by atoms with E-state index in [0.29, 0.717) is 25.3 Å². The molecule has 2 N–H and O–H groups in total. The second kappa shape index (κ2) is 9.53. The Kier molecular flexibility index (Phi) is 6.15. The van der Waals surface area contributed by atoms with Crippen molar-refractivity contribution in [3.05, 3.63) is 88.6 Å². The zero-order valence-corrected chi connectivity index (χ0v) is 18.7. The van der Waals surface area contributed by atoms with E-state index in [2.05, 4.69) is 16.7 Å². The van der Waals surface area contributed by atoms with Crippen LogP contribution in [0.1, 0.15) is 49.3 Å². The van der Waals surface area contributed by atoms with Gasteiger partial charge in [0.1, 0.15) is 12.4 Å². The first kappa shape index (κ1) is 21.3. The molecule has 0 fully saturated rings. The van der Waals surface area contributed by atoms with Crippen molar-refractivity contribution in [3.63, 3.8) is 0 Å². The fraction of sp³-hybridized carbons (Fsp3) is 0.333. The Labute approximate surface area is 194 Å². The fourth-order valence-corrected chi connectivity index (χ4v) is 4.77. The predicted octanol–water partition coefficient (Wildman–Crippen LogP) is 4.61. The molecule has 0 unspecified atom stereocenters. The lowest BCUT2D eigenvalue weighted by Crippen LogP contribution is -2.44. The Morgan fingerprint density at radius 2 is 1.82 bits per heavy atom. The van der Waals surface area contributed by atoms with Crippen molar-refractivity contribution in [3.8, 4) is 5.75 Å². The van der Waals surface area contributed by atoms with Gasteiger partial charge < -0.3 is 20.3 Å². The van der Waals surface area contributed by atoms with Gasteiger partial charge in [0.15, 0.2) is 0 Å². The number of nitrogens with one attached hydrogen (secondary N) is 2. The van der Waals surface area contributed by atoms with Crippen LogP contribution in [0, 0.1) is 0 Å². The number of rotatable bonds is 7. The first-order valence-corrected chi connectivity index (χ1v) is 11.7. The van der Waals surface area contributed by atoms with E-state index in [4.69, 9.17) is 4.74 Å². The number of carbonyl (C=O) groups is 2. The van der Waals surface area contributed by atoms with Gasteiger partial charge in [-0.3, -0.25) is 4.79 Å². The number of amides is 3. The molecule has 6 heteroatoms. The first-order valence-electron chi connectivity index (χ1n) is 11.7. The highest BCUT2D eigenvalue weighted by Crippen LogP contribution is 2.33. The zero-order valence-electron chi connectivity index (χ0n) is 18.7. The molecule has 2 heterocycles. The van der Waals surface area contributed by atoms with E-state index in [-0.39, 0.29) is 11.9 Å². The highest BCUT2D eigenvalue weighted by Gasteiger charge is 2.40. The second-order valence-electron chi connectivity index (χ2n) is 8.85. The Morgan fingerprint density at radius 3 is 2.58 bits per heavy atom. The van der Waals surface area contributed by atoms with E-state index in [1.165, 1.54) is 18.4 Å². The van der Waals surface area contributed by atoms with Crippen molar-refractivity contribution in [2.75, 3.05) is 13.1 Å². The maximum Gasteiger partial charge on any atom is 0.319 e. The van der Waals surface area contributed by atoms with Crippen molar-refractivity contribution in [2.45, 2.75) is 44.8 Å². The predicted molar refractivity (Wildman–Crippen MR) is 126 cm³/mol. The van der Waals surface area contributed by atoms with Gasteiger partial charge in [-0.1, -0.05) is 54.1 Å². The summed E-state index contributed by atoms with van der Waals surface area (Å²) in [5, 5.41) is 5.78. The molecule has 6 nitrogen and oxygen atoms in total. The maximum absolute atomic E-state index is 13.3. The van der Waals surface area contributed by atoms with Gasteiger partial charge in [-0.05, 0) is 55.4 Å². The molecule has 170 valence electrons. The molecule has 1 aliphatic carbocycles. The minimum Gasteiger partial charge on any atom is -0.489 e. The Bertz CT molecular complexity index is 1090. The quantitative estimate of drug-likeness (QED) is 0.614. The lowest BCUT2D eigenvalue weighted by molar-refractivity contribution is -0.125. The molecule has 2 aromatic carbocycles. The second-order valence-corrected chi connectivity index (χ2v) is 8.85. The standard InChI is InChI=1S/C27H29N3O3/c31-26-24-23(17-30(26)16-15-19-7-3-1-4-8-19)28-27(32)29-25(24)21-11-13-22(14-12-21)33-18-20-9-5-2-6-10-20/h2,5-7,9-14,25H,1,3-4,8,15-18H2,(H2,28,29,32)/t25-/m1/s1. The number of carbonyl (C=O) groups excluding carboxylic acids is 2. The maximum atomic E-state index is 13.3. The molecular weight excluding hydrogens is 414 g/mol. The molecule has 2 aliphatic heterocycles. The van der Waals surface area contributed by atoms with Crippen LogP contribution in [0.4, 0.5) is 4.79 Å². The highest BCUT2D eigenvalue weighted by atomic mass is 16.5. The third-order valence-corrected chi connectivity index (χ3v) is 6.57. The van der Waals surface area contributed by atoms with Gasteiger partial charge in [-0.2, -0.15) is 0 Å². The van der Waals surface area contributed by atoms with Crippen LogP contribution in [0.25, 0.3) is 0 Å². The summed E-state index contributed by atoms with van der Waals surface area (Å²) >= 11 is 0. The molecule has 0 radical (unpaired) electrons. The molecule has 2 aromatic rings. The molecule has 3 aliphatic rings. The van der Waals surface area contributed by atoms with Gasteiger partial charge >= 0.3 is 6.03 Å². The van der Waals surface area contributed by atoms with Crippen LogP contribution in [-0.2, 0) is 11.4 Å². The molecular formula is C27H29N3O3. The largest absolute Gasteiger partial charge is 0.489 e. The van der Waals surface area contributed by atoms with Crippen LogP contribution < -0.4 is 15.4 Å². The zero-order chi connectivity index (χ0) is 22.6. The van der Waals surface area contributed by atoms with E-state index < -0.39 is 6.04 Å². The third-order valence-electron chi connectivity index (χ3n) is 6.57. The molecule has 1 atom stereocenters. The van der Waals surface area contributed by atoms with Crippen molar-refractivity contribution in [1.82, 2.24) is 15.5 Å². The number of hydrogen-bond donors (Lipinski definition) is 2. The van der Waals surface area contributed by atoms with Crippen molar-refractivity contribution in [2.24, 2.45) is 0 Å². The Hall–Kier alpha value is -3.54. The van der Waals surface area contributed by atoms with Gasteiger partial charge in [-0.15, -0.1) is 0 Å². The smallest absolute Gasteiger partial charge is 0.319 e. The number of urea groups is 1. The van der Waals surface area contributed by atoms with E-state index in [1.54, 1.807) is 0 Å². The molecule has 0 bridgehead atoms. The molecule has 0 aromatic heterocycles. The van der Waals surface area contributed by atoms with Crippen LogP contribution in [0.2, 0.25) is 0 Å². The van der Waals surface area contributed by atoms with Crippen LogP contribution in [0.3, 0.4) is 0 Å². The molecule has 3 amide bonds. The number of ether oxygens (including phenoxy) is 1. The average molecular weight is 444 g/mol. The highest BCUT2D eigenvalue weighted by molar-refractivity contribution is 6.01. The van der Waals surface area contributed by atoms with Gasteiger partial charge in [0, 0.05) is 6.54 Å². The average Bonchev–Trinajstić information content (AvgIpc) is 3.17. The third kappa shape index (κ3) is 4.80. The summed E-state index contributed by atoms with van der Waals surface area (Å²) < 4.78 is 5.88. The van der Waals surface area contributed by atoms with E-state index in [9.17, 15) is 9.59 Å². The van der Waals surface area contributed by atoms with Crippen molar-refractivity contribution < 1.29 is 14.3 Å². The first-order chi connectivity index (χ1) is 16.2. The summed E-state index contributed by atoms with van der Waals surface area (Å²) in [6.07, 6.45) is 8.01. The SMILES string of the molecule is O=C1NC2=C(C(=O)N(CCC3=CCCCC3)C2)[C@@H](c2ccc(OCc3ccccc3)cc2)N1. The summed E-state index contributed by atoms with van der Waals surface area (Å²) in [7, 11) is 0. The number of nitrogens with zero attached hydrogens (tertiary/aromatic N) is 1. The van der Waals surface area contributed by atoms with Crippen LogP contribution in [0.15, 0.2) is 77.5 Å². The summed E-state index contributed by atoms with van der Waals surface area (Å²) in [6, 6.07) is 16.9. The van der Waals surface area contributed by atoms with Crippen molar-refractivity contribution in [1.29, 1.82) is 0 Å². The number of benzene rings is 2. The molecule has 0 spiro atoms. The fourth-order valence-electron chi connectivity index (χ4n) is 4.77. The number of hydrogen-bond acceptors (Lipinski definition) is 3. The Balaban J connectivity index is 1.26. The van der Waals surface area contributed by atoms with E-state index in [0.717, 1.165) is 41.8 Å². The molecule has 5 rings (SSSR count). The molecule has 0 saturated carbocycles. The van der Waals surface area contributed by atoms with Gasteiger partial charge in [-0.25, -0.2) is 4.79 Å². The normalized spacial score (nSPS) is 20.2. The minimum absolute atomic E-state index is 0.00307. The van der Waals surface area contributed by atoms with Crippen molar-refractivity contribution >= 4 is 11.9 Å². The summed E-state index contributed by atoms with van der Waals surface area (Å²) in [6.45, 7) is 1.64. The van der Waals surface area contributed by atoms with E-state index >= 15 is 0 Å². The van der Waals surface area contributed by atoms with Crippen LogP contribution in [0.5, 0.6) is 5.75 Å². The Morgan fingerprint density at radius 1 is 1.00 bits per heavy atom. The van der Waals surface area contributed by atoms with Crippen LogP contribution >= 0.6 is 0 Å².